The molecule has 9 heteroatoms. The number of nitrogens with one attached hydrogen (secondary N) is 2. The van der Waals surface area contributed by atoms with E-state index in [9.17, 15) is 13.2 Å². The van der Waals surface area contributed by atoms with Gasteiger partial charge in [-0.15, -0.1) is 0 Å². The van der Waals surface area contributed by atoms with Gasteiger partial charge >= 0.3 is 0 Å². The molecule has 1 amide bonds. The zero-order valence-electron chi connectivity index (χ0n) is 19.7. The molecule has 3 aromatic rings. The lowest BCUT2D eigenvalue weighted by Gasteiger charge is -2.24. The highest BCUT2D eigenvalue weighted by Crippen LogP contribution is 2.38. The van der Waals surface area contributed by atoms with Crippen molar-refractivity contribution in [3.8, 4) is 0 Å². The third-order valence-electron chi connectivity index (χ3n) is 5.61. The van der Waals surface area contributed by atoms with Gasteiger partial charge in [0.2, 0.25) is 10.0 Å². The molecule has 35 heavy (non-hydrogen) atoms. The molecule has 0 spiro atoms. The van der Waals surface area contributed by atoms with E-state index in [1.165, 1.54) is 10.6 Å². The second-order valence-corrected chi connectivity index (χ2v) is 10.9. The molecule has 0 aromatic heterocycles. The summed E-state index contributed by atoms with van der Waals surface area (Å²) in [7, 11) is 0.355. The Morgan fingerprint density at radius 2 is 1.69 bits per heavy atom. The Hall–Kier alpha value is -3.33. The largest absolute Gasteiger partial charge is 0.354 e. The van der Waals surface area contributed by atoms with E-state index in [1.807, 2.05) is 55.4 Å². The van der Waals surface area contributed by atoms with E-state index in [1.54, 1.807) is 36.4 Å². The summed E-state index contributed by atoms with van der Waals surface area (Å²) in [5.74, 6) is -0.211. The van der Waals surface area contributed by atoms with Crippen LogP contribution in [0, 0.1) is 0 Å². The Morgan fingerprint density at radius 1 is 0.971 bits per heavy atom. The summed E-state index contributed by atoms with van der Waals surface area (Å²) in [5, 5.41) is 6.84. The van der Waals surface area contributed by atoms with Crippen molar-refractivity contribution >= 4 is 55.9 Å². The SMILES string of the molecule is CN(C)CCN(c1ccc(N/C(=C2\C(=O)Nc3ccccc32)c2cccc(Cl)c2)cc1)S(C)(=O)=O. The van der Waals surface area contributed by atoms with Gasteiger partial charge in [-0.05, 0) is 56.6 Å². The molecule has 0 bridgehead atoms. The number of carbonyl (C=O) groups is 1. The number of benzene rings is 3. The molecular weight excluding hydrogens is 484 g/mol. The third-order valence-corrected chi connectivity index (χ3v) is 7.04. The summed E-state index contributed by atoms with van der Waals surface area (Å²) < 4.78 is 26.1. The number of nitrogens with zero attached hydrogens (tertiary/aromatic N) is 2. The average molecular weight is 511 g/mol. The number of rotatable bonds is 8. The smallest absolute Gasteiger partial charge is 0.258 e. The van der Waals surface area contributed by atoms with Crippen molar-refractivity contribution < 1.29 is 13.2 Å². The minimum Gasteiger partial charge on any atom is -0.354 e. The Morgan fingerprint density at radius 3 is 2.34 bits per heavy atom. The molecule has 7 nitrogen and oxygen atoms in total. The minimum atomic E-state index is -3.44. The topological polar surface area (TPSA) is 81.8 Å². The number of carbonyl (C=O) groups excluding carboxylic acids is 1. The van der Waals surface area contributed by atoms with Crippen LogP contribution in [0.25, 0.3) is 11.3 Å². The van der Waals surface area contributed by atoms with Crippen LogP contribution in [0.1, 0.15) is 11.1 Å². The average Bonchev–Trinajstić information content (AvgIpc) is 3.13. The summed E-state index contributed by atoms with van der Waals surface area (Å²) in [6.45, 7) is 0.931. The number of hydrogen-bond acceptors (Lipinski definition) is 5. The van der Waals surface area contributed by atoms with E-state index >= 15 is 0 Å². The summed E-state index contributed by atoms with van der Waals surface area (Å²) in [4.78, 5) is 14.9. The Kier molecular flexibility index (Phi) is 7.16. The van der Waals surface area contributed by atoms with Crippen molar-refractivity contribution in [1.82, 2.24) is 4.90 Å². The van der Waals surface area contributed by atoms with Gasteiger partial charge in [-0.3, -0.25) is 9.10 Å². The van der Waals surface area contributed by atoms with Gasteiger partial charge in [-0.1, -0.05) is 41.9 Å². The number of para-hydroxylation sites is 1. The van der Waals surface area contributed by atoms with Gasteiger partial charge in [0.15, 0.2) is 0 Å². The molecule has 0 radical (unpaired) electrons. The van der Waals surface area contributed by atoms with Crippen molar-refractivity contribution in [1.29, 1.82) is 0 Å². The van der Waals surface area contributed by atoms with Gasteiger partial charge in [0.25, 0.3) is 5.91 Å². The van der Waals surface area contributed by atoms with E-state index in [4.69, 9.17) is 11.6 Å². The Bertz CT molecular complexity index is 1390. The lowest BCUT2D eigenvalue weighted by Crippen LogP contribution is -2.35. The highest BCUT2D eigenvalue weighted by molar-refractivity contribution is 7.92. The first-order valence-corrected chi connectivity index (χ1v) is 13.3. The lowest BCUT2D eigenvalue weighted by molar-refractivity contribution is -0.110. The molecule has 1 aliphatic heterocycles. The van der Waals surface area contributed by atoms with Gasteiger partial charge in [-0.2, -0.15) is 0 Å². The highest BCUT2D eigenvalue weighted by Gasteiger charge is 2.28. The molecule has 0 saturated heterocycles. The zero-order valence-corrected chi connectivity index (χ0v) is 21.3. The maximum atomic E-state index is 13.0. The molecule has 0 aliphatic carbocycles. The number of sulfonamides is 1. The summed E-state index contributed by atoms with van der Waals surface area (Å²) >= 11 is 6.27. The molecule has 3 aromatic carbocycles. The van der Waals surface area contributed by atoms with Crippen LogP contribution >= 0.6 is 11.6 Å². The molecule has 2 N–H and O–H groups in total. The van der Waals surface area contributed by atoms with Gasteiger partial charge in [0, 0.05) is 40.6 Å². The number of hydrogen-bond donors (Lipinski definition) is 2. The van der Waals surface area contributed by atoms with Crippen LogP contribution < -0.4 is 14.9 Å². The maximum absolute atomic E-state index is 13.0. The maximum Gasteiger partial charge on any atom is 0.258 e. The number of amides is 1. The Labute approximate surface area is 211 Å². The normalized spacial score (nSPS) is 14.5. The quantitative estimate of drug-likeness (QED) is 0.433. The monoisotopic (exact) mass is 510 g/mol. The Balaban J connectivity index is 1.73. The van der Waals surface area contributed by atoms with Crippen LogP contribution in [0.4, 0.5) is 17.1 Å². The van der Waals surface area contributed by atoms with Gasteiger partial charge in [0.05, 0.1) is 23.2 Å². The van der Waals surface area contributed by atoms with E-state index < -0.39 is 10.0 Å². The number of likely N-dealkylation sites (N-methyl/N-ethyl adjacent to an activating group) is 1. The minimum absolute atomic E-state index is 0.211. The summed E-state index contributed by atoms with van der Waals surface area (Å²) in [5.41, 5.74) is 4.69. The lowest BCUT2D eigenvalue weighted by atomic mass is 10.00. The molecule has 0 fully saturated rings. The van der Waals surface area contributed by atoms with Crippen molar-refractivity contribution in [2.45, 2.75) is 0 Å². The van der Waals surface area contributed by atoms with Crippen molar-refractivity contribution in [3.05, 3.63) is 88.9 Å². The predicted octanol–water partition coefficient (Wildman–Crippen LogP) is 4.60. The number of fused-ring (bicyclic) bond motifs is 1. The van der Waals surface area contributed by atoms with E-state index in [0.717, 1.165) is 16.8 Å². The first-order valence-electron chi connectivity index (χ1n) is 11.0. The van der Waals surface area contributed by atoms with E-state index in [2.05, 4.69) is 10.6 Å². The number of halogens is 1. The third kappa shape index (κ3) is 5.67. The fraction of sp³-hybridized carbons (Fsp3) is 0.192. The van der Waals surface area contributed by atoms with E-state index in [-0.39, 0.29) is 5.91 Å². The molecule has 4 rings (SSSR count). The van der Waals surface area contributed by atoms with Gasteiger partial charge < -0.3 is 15.5 Å². The molecule has 1 aliphatic rings. The van der Waals surface area contributed by atoms with Crippen molar-refractivity contribution in [2.75, 3.05) is 48.4 Å². The van der Waals surface area contributed by atoms with E-state index in [0.29, 0.717) is 40.8 Å². The van der Waals surface area contributed by atoms with Crippen molar-refractivity contribution in [2.24, 2.45) is 0 Å². The molecule has 0 atom stereocenters. The van der Waals surface area contributed by atoms with Crippen LogP contribution in [0.5, 0.6) is 0 Å². The number of anilines is 3. The van der Waals surface area contributed by atoms with Crippen molar-refractivity contribution in [3.63, 3.8) is 0 Å². The van der Waals surface area contributed by atoms with Gasteiger partial charge in [0.1, 0.15) is 0 Å². The van der Waals surface area contributed by atoms with Crippen LogP contribution in [0.2, 0.25) is 5.02 Å². The van der Waals surface area contributed by atoms with Crippen LogP contribution in [0.3, 0.4) is 0 Å². The molecule has 0 unspecified atom stereocenters. The molecule has 182 valence electrons. The van der Waals surface area contributed by atoms with Gasteiger partial charge in [-0.25, -0.2) is 8.42 Å². The summed E-state index contributed by atoms with van der Waals surface area (Å²) in [6, 6.07) is 21.9. The molecule has 0 saturated carbocycles. The van der Waals surface area contributed by atoms with Crippen LogP contribution in [-0.2, 0) is 14.8 Å². The first kappa shape index (κ1) is 24.8. The van der Waals surface area contributed by atoms with Crippen LogP contribution in [0.15, 0.2) is 72.8 Å². The fourth-order valence-corrected chi connectivity index (χ4v) is 5.03. The first-order chi connectivity index (χ1) is 16.6. The fourth-order valence-electron chi connectivity index (χ4n) is 3.92. The molecular formula is C26H27ClN4O3S. The second-order valence-electron chi connectivity index (χ2n) is 8.57. The standard InChI is InChI=1S/C26H27ClN4O3S/c1-30(2)15-16-31(35(3,33)34)21-13-11-20(12-14-21)28-25(18-7-6-8-19(27)17-18)24-22-9-4-5-10-23(22)29-26(24)32/h4-14,17,28H,15-16H2,1-3H3,(H,29,32)/b25-24-. The second kappa shape index (κ2) is 10.1. The zero-order chi connectivity index (χ0) is 25.2. The summed E-state index contributed by atoms with van der Waals surface area (Å²) in [6.07, 6.45) is 1.20. The molecule has 1 heterocycles. The highest BCUT2D eigenvalue weighted by atomic mass is 35.5. The van der Waals surface area contributed by atoms with Crippen LogP contribution in [-0.4, -0.2) is 52.7 Å². The predicted molar refractivity (Wildman–Crippen MR) is 144 cm³/mol.